The van der Waals surface area contributed by atoms with Gasteiger partial charge in [-0.25, -0.2) is 29.0 Å². The SMILES string of the molecule is Cn1cc(-c2cnc3c(nnn3C[C@@H]3CN(c4ncc(N5CC(CN6CCN(c7ccc(NC8CCC(=O)NC8=O)cc7F)CC6)C5)cn4)CCO3)n2)cn1. The molecule has 1 unspecified atom stereocenters. The van der Waals surface area contributed by atoms with Crippen LogP contribution in [0.3, 0.4) is 0 Å². The molecule has 0 aliphatic carbocycles. The number of anilines is 4. The molecule has 0 bridgehead atoms. The van der Waals surface area contributed by atoms with E-state index in [1.54, 1.807) is 33.9 Å². The maximum absolute atomic E-state index is 15.2. The Morgan fingerprint density at radius 2 is 1.78 bits per heavy atom. The van der Waals surface area contributed by atoms with Crippen LogP contribution in [0.2, 0.25) is 0 Å². The molecule has 4 aromatic heterocycles. The van der Waals surface area contributed by atoms with Crippen molar-refractivity contribution < 1.29 is 18.7 Å². The highest BCUT2D eigenvalue weighted by Crippen LogP contribution is 2.28. The number of ether oxygens (including phenoxy) is 1. The summed E-state index contributed by atoms with van der Waals surface area (Å²) in [6, 6.07) is 4.45. The molecule has 4 fully saturated rings. The first-order chi connectivity index (χ1) is 26.8. The van der Waals surface area contributed by atoms with Gasteiger partial charge in [-0.2, -0.15) is 5.10 Å². The summed E-state index contributed by atoms with van der Waals surface area (Å²) in [6.45, 7) is 8.41. The number of aryl methyl sites for hydroxylation is 1. The molecule has 2 N–H and O–H groups in total. The lowest BCUT2D eigenvalue weighted by Crippen LogP contribution is -2.55. The molecular formula is C36H42FN15O3. The normalized spacial score (nSPS) is 21.2. The number of hydrogen-bond donors (Lipinski definition) is 2. The van der Waals surface area contributed by atoms with Crippen molar-refractivity contribution in [2.75, 3.05) is 85.5 Å². The van der Waals surface area contributed by atoms with Crippen molar-refractivity contribution in [3.63, 3.8) is 0 Å². The van der Waals surface area contributed by atoms with E-state index in [2.05, 4.69) is 55.6 Å². The van der Waals surface area contributed by atoms with Gasteiger partial charge in [0.15, 0.2) is 5.65 Å². The van der Waals surface area contributed by atoms with E-state index in [1.807, 2.05) is 25.6 Å². The van der Waals surface area contributed by atoms with Crippen LogP contribution < -0.4 is 25.3 Å². The van der Waals surface area contributed by atoms with E-state index in [4.69, 9.17) is 14.7 Å². The predicted molar refractivity (Wildman–Crippen MR) is 200 cm³/mol. The Morgan fingerprint density at radius 1 is 0.945 bits per heavy atom. The molecule has 55 heavy (non-hydrogen) atoms. The second-order valence-electron chi connectivity index (χ2n) is 14.6. The van der Waals surface area contributed by atoms with Crippen LogP contribution in [0.25, 0.3) is 22.6 Å². The summed E-state index contributed by atoms with van der Waals surface area (Å²) in [5.74, 6) is 0.240. The average molecular weight is 752 g/mol. The van der Waals surface area contributed by atoms with Crippen molar-refractivity contribution in [1.82, 2.24) is 54.9 Å². The minimum absolute atomic E-state index is 0.145. The second-order valence-corrected chi connectivity index (χ2v) is 14.6. The van der Waals surface area contributed by atoms with Crippen LogP contribution in [-0.4, -0.2) is 139 Å². The lowest BCUT2D eigenvalue weighted by molar-refractivity contribution is -0.133. The van der Waals surface area contributed by atoms with Gasteiger partial charge >= 0.3 is 0 Å². The number of nitrogens with zero attached hydrogens (tertiary/aromatic N) is 13. The van der Waals surface area contributed by atoms with Crippen LogP contribution in [0.1, 0.15) is 12.8 Å². The zero-order valence-electron chi connectivity index (χ0n) is 30.5. The number of morpholine rings is 1. The van der Waals surface area contributed by atoms with Gasteiger partial charge in [-0.3, -0.25) is 24.5 Å². The molecule has 4 saturated heterocycles. The van der Waals surface area contributed by atoms with Gasteiger partial charge in [-0.05, 0) is 24.6 Å². The van der Waals surface area contributed by atoms with Crippen molar-refractivity contribution in [3.05, 3.63) is 55.0 Å². The Bertz CT molecular complexity index is 2180. The van der Waals surface area contributed by atoms with E-state index in [1.165, 1.54) is 6.07 Å². The molecule has 0 radical (unpaired) electrons. The van der Waals surface area contributed by atoms with Crippen molar-refractivity contribution in [3.8, 4) is 11.3 Å². The van der Waals surface area contributed by atoms with E-state index < -0.39 is 6.04 Å². The monoisotopic (exact) mass is 751 g/mol. The van der Waals surface area contributed by atoms with Crippen molar-refractivity contribution in [2.24, 2.45) is 13.0 Å². The van der Waals surface area contributed by atoms with Gasteiger partial charge < -0.3 is 24.8 Å². The quantitative estimate of drug-likeness (QED) is 0.192. The largest absolute Gasteiger partial charge is 0.374 e. The van der Waals surface area contributed by atoms with E-state index in [9.17, 15) is 9.59 Å². The molecule has 8 heterocycles. The number of hydrogen-bond acceptors (Lipinski definition) is 15. The molecule has 2 atom stereocenters. The van der Waals surface area contributed by atoms with Gasteiger partial charge in [-0.1, -0.05) is 5.21 Å². The second kappa shape index (κ2) is 14.8. The summed E-state index contributed by atoms with van der Waals surface area (Å²) in [6.07, 6.45) is 9.66. The number of carbonyl (C=O) groups excluding carboxylic acids is 2. The molecule has 0 spiro atoms. The van der Waals surface area contributed by atoms with Crippen LogP contribution in [0, 0.1) is 11.7 Å². The van der Waals surface area contributed by atoms with E-state index in [0.29, 0.717) is 72.9 Å². The van der Waals surface area contributed by atoms with Crippen LogP contribution in [0.4, 0.5) is 27.4 Å². The smallest absolute Gasteiger partial charge is 0.249 e. The molecule has 5 aromatic rings. The number of piperidine rings is 1. The zero-order chi connectivity index (χ0) is 37.5. The van der Waals surface area contributed by atoms with E-state index >= 15 is 4.39 Å². The van der Waals surface area contributed by atoms with E-state index in [0.717, 1.165) is 57.1 Å². The number of amides is 2. The minimum atomic E-state index is -0.547. The Balaban J connectivity index is 0.722. The third-order valence-electron chi connectivity index (χ3n) is 10.7. The number of carbonyl (C=O) groups is 2. The van der Waals surface area contributed by atoms with Crippen molar-refractivity contribution >= 4 is 46.1 Å². The lowest BCUT2D eigenvalue weighted by Gasteiger charge is -2.44. The van der Waals surface area contributed by atoms with Crippen molar-refractivity contribution in [1.29, 1.82) is 0 Å². The number of halogens is 1. The molecule has 19 heteroatoms. The molecular weight excluding hydrogens is 709 g/mol. The first-order valence-corrected chi connectivity index (χ1v) is 18.7. The Labute approximate surface area is 315 Å². The van der Waals surface area contributed by atoms with Gasteiger partial charge in [-0.15, -0.1) is 5.10 Å². The third kappa shape index (κ3) is 7.48. The molecule has 286 valence electrons. The number of benzene rings is 1. The fourth-order valence-corrected chi connectivity index (χ4v) is 7.74. The Hall–Kier alpha value is -5.82. The standard InChI is InChI=1S/C36H42FN15O3/c1-47-20-24(13-41-47)30-16-38-34-33(43-30)45-46-52(34)22-27-21-50(10-11-55-27)36-39-14-26(15-40-36)51-18-23(19-51)17-48-6-8-49(9-7-48)31-4-2-25(12-28(31)37)42-29-3-5-32(53)44-35(29)54/h2,4,12-16,20,23,27,29,42H,3,5-11,17-19,21-22H2,1H3,(H,44,53,54)/t27-,29?/m0/s1. The van der Waals surface area contributed by atoms with Gasteiger partial charge in [0.05, 0.1) is 61.1 Å². The Kier molecular flexibility index (Phi) is 9.38. The van der Waals surface area contributed by atoms with E-state index in [-0.39, 0.29) is 30.2 Å². The number of aromatic nitrogens is 9. The highest BCUT2D eigenvalue weighted by Gasteiger charge is 2.32. The van der Waals surface area contributed by atoms with Gasteiger partial charge in [0.2, 0.25) is 23.4 Å². The van der Waals surface area contributed by atoms with Gasteiger partial charge in [0.1, 0.15) is 11.9 Å². The van der Waals surface area contributed by atoms with Crippen LogP contribution in [-0.2, 0) is 27.9 Å². The molecule has 4 aliphatic rings. The molecule has 0 saturated carbocycles. The summed E-state index contributed by atoms with van der Waals surface area (Å²) in [5, 5.41) is 18.1. The average Bonchev–Trinajstić information content (AvgIpc) is 3.80. The summed E-state index contributed by atoms with van der Waals surface area (Å²) in [4.78, 5) is 51.1. The fourth-order valence-electron chi connectivity index (χ4n) is 7.74. The number of imide groups is 1. The number of fused-ring (bicyclic) bond motifs is 1. The Morgan fingerprint density at radius 3 is 2.55 bits per heavy atom. The fraction of sp³-hybridized carbons (Fsp3) is 0.472. The number of rotatable bonds is 10. The van der Waals surface area contributed by atoms with Gasteiger partial charge in [0.25, 0.3) is 0 Å². The first kappa shape index (κ1) is 34.9. The predicted octanol–water partition coefficient (Wildman–Crippen LogP) is 0.932. The molecule has 4 aliphatic heterocycles. The number of piperazine rings is 1. The molecule has 1 aromatic carbocycles. The van der Waals surface area contributed by atoms with Crippen molar-refractivity contribution in [2.45, 2.75) is 31.5 Å². The van der Waals surface area contributed by atoms with Gasteiger partial charge in [0, 0.05) is 95.7 Å². The number of nitrogens with one attached hydrogen (secondary N) is 2. The zero-order valence-corrected chi connectivity index (χ0v) is 30.5. The topological polar surface area (TPSA) is 180 Å². The van der Waals surface area contributed by atoms with Crippen LogP contribution in [0.5, 0.6) is 0 Å². The maximum Gasteiger partial charge on any atom is 0.249 e. The summed E-state index contributed by atoms with van der Waals surface area (Å²) < 4.78 is 24.7. The summed E-state index contributed by atoms with van der Waals surface area (Å²) in [7, 11) is 1.86. The van der Waals surface area contributed by atoms with Crippen LogP contribution >= 0.6 is 0 Å². The summed E-state index contributed by atoms with van der Waals surface area (Å²) >= 11 is 0. The summed E-state index contributed by atoms with van der Waals surface area (Å²) in [5.41, 5.74) is 4.74. The minimum Gasteiger partial charge on any atom is -0.374 e. The highest BCUT2D eigenvalue weighted by molar-refractivity contribution is 6.01. The lowest BCUT2D eigenvalue weighted by atomic mass is 9.98. The van der Waals surface area contributed by atoms with Crippen LogP contribution in [0.15, 0.2) is 49.2 Å². The maximum atomic E-state index is 15.2. The molecule has 2 amide bonds. The highest BCUT2D eigenvalue weighted by atomic mass is 19.1. The molecule has 9 rings (SSSR count). The molecule has 18 nitrogen and oxygen atoms in total. The third-order valence-corrected chi connectivity index (χ3v) is 10.7. The first-order valence-electron chi connectivity index (χ1n) is 18.7.